The standard InChI is InChI=1S/C13H15F2NO2/c14-11-4-3-10(12(15)5-11)7-16(8-13(17)18)6-9-1-2-9/h3-5,9H,1-2,6-8H2,(H,17,18). The van der Waals surface area contributed by atoms with Crippen molar-refractivity contribution in [2.45, 2.75) is 19.4 Å². The molecule has 0 aliphatic heterocycles. The number of carbonyl (C=O) groups is 1. The van der Waals surface area contributed by atoms with E-state index in [1.54, 1.807) is 4.90 Å². The summed E-state index contributed by atoms with van der Waals surface area (Å²) in [5.41, 5.74) is 0.332. The van der Waals surface area contributed by atoms with E-state index in [0.29, 0.717) is 18.0 Å². The molecule has 18 heavy (non-hydrogen) atoms. The average Bonchev–Trinajstić information content (AvgIpc) is 3.05. The lowest BCUT2D eigenvalue weighted by Gasteiger charge is -2.20. The Hall–Kier alpha value is -1.49. The van der Waals surface area contributed by atoms with Gasteiger partial charge in [0.1, 0.15) is 11.6 Å². The number of hydrogen-bond acceptors (Lipinski definition) is 2. The van der Waals surface area contributed by atoms with Crippen LogP contribution in [0.1, 0.15) is 18.4 Å². The van der Waals surface area contributed by atoms with E-state index in [1.165, 1.54) is 12.1 Å². The van der Waals surface area contributed by atoms with E-state index in [4.69, 9.17) is 5.11 Å². The van der Waals surface area contributed by atoms with Gasteiger partial charge in [-0.3, -0.25) is 9.69 Å². The van der Waals surface area contributed by atoms with Crippen molar-refractivity contribution in [3.63, 3.8) is 0 Å². The molecule has 2 rings (SSSR count). The summed E-state index contributed by atoms with van der Waals surface area (Å²) in [6, 6.07) is 3.38. The van der Waals surface area contributed by atoms with Crippen LogP contribution in [0.4, 0.5) is 8.78 Å². The molecule has 3 nitrogen and oxygen atoms in total. The second kappa shape index (κ2) is 5.44. The highest BCUT2D eigenvalue weighted by molar-refractivity contribution is 5.69. The molecule has 1 N–H and O–H groups in total. The van der Waals surface area contributed by atoms with Crippen LogP contribution in [-0.4, -0.2) is 29.1 Å². The molecule has 1 aliphatic rings. The Morgan fingerprint density at radius 3 is 2.67 bits per heavy atom. The molecule has 0 aromatic heterocycles. The first-order valence-electron chi connectivity index (χ1n) is 5.92. The Bertz CT molecular complexity index is 447. The summed E-state index contributed by atoms with van der Waals surface area (Å²) in [7, 11) is 0. The maximum atomic E-state index is 13.5. The van der Waals surface area contributed by atoms with Crippen LogP contribution in [0.3, 0.4) is 0 Å². The second-order valence-electron chi connectivity index (χ2n) is 4.74. The third-order valence-corrected chi connectivity index (χ3v) is 2.98. The summed E-state index contributed by atoms with van der Waals surface area (Å²) in [5.74, 6) is -1.66. The van der Waals surface area contributed by atoms with Gasteiger partial charge in [-0.25, -0.2) is 8.78 Å². The molecule has 0 saturated heterocycles. The van der Waals surface area contributed by atoms with Crippen molar-refractivity contribution in [1.82, 2.24) is 4.90 Å². The van der Waals surface area contributed by atoms with E-state index in [-0.39, 0.29) is 13.1 Å². The zero-order valence-corrected chi connectivity index (χ0v) is 9.90. The molecule has 0 bridgehead atoms. The van der Waals surface area contributed by atoms with Crippen LogP contribution in [0.5, 0.6) is 0 Å². The molecule has 0 amide bonds. The van der Waals surface area contributed by atoms with E-state index >= 15 is 0 Å². The third-order valence-electron chi connectivity index (χ3n) is 2.98. The molecule has 0 unspecified atom stereocenters. The van der Waals surface area contributed by atoms with Crippen LogP contribution in [0.25, 0.3) is 0 Å². The summed E-state index contributed by atoms with van der Waals surface area (Å²) >= 11 is 0. The third kappa shape index (κ3) is 3.77. The van der Waals surface area contributed by atoms with Gasteiger partial charge in [0.05, 0.1) is 6.54 Å². The van der Waals surface area contributed by atoms with Crippen LogP contribution in [-0.2, 0) is 11.3 Å². The van der Waals surface area contributed by atoms with Gasteiger partial charge in [0.25, 0.3) is 0 Å². The lowest BCUT2D eigenvalue weighted by atomic mass is 10.2. The smallest absolute Gasteiger partial charge is 0.317 e. The normalized spacial score (nSPS) is 15.1. The Morgan fingerprint density at radius 2 is 2.11 bits per heavy atom. The van der Waals surface area contributed by atoms with Crippen LogP contribution in [0.15, 0.2) is 18.2 Å². The molecule has 5 heteroatoms. The Kier molecular flexibility index (Phi) is 3.91. The fraction of sp³-hybridized carbons (Fsp3) is 0.462. The molecule has 0 atom stereocenters. The van der Waals surface area contributed by atoms with Crippen molar-refractivity contribution in [3.05, 3.63) is 35.4 Å². The molecule has 1 aromatic rings. The van der Waals surface area contributed by atoms with Gasteiger partial charge in [0.2, 0.25) is 0 Å². The second-order valence-corrected chi connectivity index (χ2v) is 4.74. The number of halogens is 2. The SMILES string of the molecule is O=C(O)CN(Cc1ccc(F)cc1F)CC1CC1. The summed E-state index contributed by atoms with van der Waals surface area (Å²) in [4.78, 5) is 12.4. The summed E-state index contributed by atoms with van der Waals surface area (Å²) in [5, 5.41) is 8.81. The molecule has 0 spiro atoms. The molecule has 1 aromatic carbocycles. The zero-order valence-electron chi connectivity index (χ0n) is 9.90. The molecule has 0 heterocycles. The van der Waals surface area contributed by atoms with E-state index < -0.39 is 17.6 Å². The number of rotatable bonds is 6. The van der Waals surface area contributed by atoms with Gasteiger partial charge < -0.3 is 5.11 Å². The van der Waals surface area contributed by atoms with Crippen molar-refractivity contribution in [2.24, 2.45) is 5.92 Å². The fourth-order valence-electron chi connectivity index (χ4n) is 1.93. The number of nitrogens with zero attached hydrogens (tertiary/aromatic N) is 1. The molecule has 0 radical (unpaired) electrons. The van der Waals surface area contributed by atoms with Crippen molar-refractivity contribution in [3.8, 4) is 0 Å². The highest BCUT2D eigenvalue weighted by Gasteiger charge is 2.25. The van der Waals surface area contributed by atoms with Gasteiger partial charge in [-0.15, -0.1) is 0 Å². The minimum absolute atomic E-state index is 0.118. The Balaban J connectivity index is 2.03. The zero-order chi connectivity index (χ0) is 13.1. The maximum absolute atomic E-state index is 13.5. The van der Waals surface area contributed by atoms with E-state index in [9.17, 15) is 13.6 Å². The predicted molar refractivity (Wildman–Crippen MR) is 62.0 cm³/mol. The Morgan fingerprint density at radius 1 is 1.39 bits per heavy atom. The molecular formula is C13H15F2NO2. The van der Waals surface area contributed by atoms with Crippen molar-refractivity contribution in [1.29, 1.82) is 0 Å². The van der Waals surface area contributed by atoms with E-state index in [2.05, 4.69) is 0 Å². The summed E-state index contributed by atoms with van der Waals surface area (Å²) in [6.07, 6.45) is 2.20. The van der Waals surface area contributed by atoms with Gasteiger partial charge in [-0.1, -0.05) is 6.07 Å². The molecule has 98 valence electrons. The van der Waals surface area contributed by atoms with Gasteiger partial charge in [-0.2, -0.15) is 0 Å². The largest absolute Gasteiger partial charge is 0.480 e. The number of carboxylic acids is 1. The number of hydrogen-bond donors (Lipinski definition) is 1. The van der Waals surface area contributed by atoms with Crippen molar-refractivity contribution in [2.75, 3.05) is 13.1 Å². The van der Waals surface area contributed by atoms with Crippen molar-refractivity contribution >= 4 is 5.97 Å². The molecule has 1 aliphatic carbocycles. The number of aliphatic carboxylic acids is 1. The van der Waals surface area contributed by atoms with Crippen LogP contribution >= 0.6 is 0 Å². The minimum atomic E-state index is -0.932. The monoisotopic (exact) mass is 255 g/mol. The summed E-state index contributed by atoms with van der Waals surface area (Å²) in [6.45, 7) is 0.741. The fourth-order valence-corrected chi connectivity index (χ4v) is 1.93. The average molecular weight is 255 g/mol. The first-order chi connectivity index (χ1) is 8.54. The predicted octanol–water partition coefficient (Wildman–Crippen LogP) is 2.26. The number of benzene rings is 1. The Labute approximate surface area is 104 Å². The quantitative estimate of drug-likeness (QED) is 0.847. The minimum Gasteiger partial charge on any atom is -0.480 e. The van der Waals surface area contributed by atoms with E-state index in [0.717, 1.165) is 18.9 Å². The van der Waals surface area contributed by atoms with Gasteiger partial charge in [-0.05, 0) is 24.8 Å². The maximum Gasteiger partial charge on any atom is 0.317 e. The van der Waals surface area contributed by atoms with Crippen LogP contribution in [0, 0.1) is 17.6 Å². The van der Waals surface area contributed by atoms with Crippen LogP contribution < -0.4 is 0 Å². The highest BCUT2D eigenvalue weighted by Crippen LogP contribution is 2.30. The van der Waals surface area contributed by atoms with Gasteiger partial charge in [0, 0.05) is 24.7 Å². The van der Waals surface area contributed by atoms with Crippen molar-refractivity contribution < 1.29 is 18.7 Å². The molecular weight excluding hydrogens is 240 g/mol. The lowest BCUT2D eigenvalue weighted by molar-refractivity contribution is -0.138. The lowest BCUT2D eigenvalue weighted by Crippen LogP contribution is -2.31. The molecule has 1 fully saturated rings. The molecule has 1 saturated carbocycles. The first kappa shape index (κ1) is 13.0. The topological polar surface area (TPSA) is 40.5 Å². The first-order valence-corrected chi connectivity index (χ1v) is 5.92. The number of carboxylic acid groups (broad SMARTS) is 1. The summed E-state index contributed by atoms with van der Waals surface area (Å²) < 4.78 is 26.3. The van der Waals surface area contributed by atoms with Crippen LogP contribution in [0.2, 0.25) is 0 Å². The van der Waals surface area contributed by atoms with Gasteiger partial charge >= 0.3 is 5.97 Å². The van der Waals surface area contributed by atoms with E-state index in [1.807, 2.05) is 0 Å². The van der Waals surface area contributed by atoms with Gasteiger partial charge in [0.15, 0.2) is 0 Å². The highest BCUT2D eigenvalue weighted by atomic mass is 19.1.